The van der Waals surface area contributed by atoms with Gasteiger partial charge in [0.2, 0.25) is 0 Å². The Morgan fingerprint density at radius 1 is 1.12 bits per heavy atom. The van der Waals surface area contributed by atoms with E-state index in [1.807, 2.05) is 6.07 Å². The predicted octanol–water partition coefficient (Wildman–Crippen LogP) is 5.21. The monoisotopic (exact) mass is 318 g/mol. The Balaban J connectivity index is 1.89. The van der Waals surface area contributed by atoms with Gasteiger partial charge < -0.3 is 14.2 Å². The van der Waals surface area contributed by atoms with E-state index in [0.717, 1.165) is 24.0 Å². The van der Waals surface area contributed by atoms with Crippen LogP contribution >= 0.6 is 0 Å². The Morgan fingerprint density at radius 2 is 1.96 bits per heavy atom. The average molecular weight is 318 g/mol. The lowest BCUT2D eigenvalue weighted by Crippen LogP contribution is -2.46. The van der Waals surface area contributed by atoms with Crippen molar-refractivity contribution in [2.75, 3.05) is 11.9 Å². The number of hydrogen-bond donors (Lipinski definition) is 0. The van der Waals surface area contributed by atoms with Gasteiger partial charge in [0.25, 0.3) is 0 Å². The topological polar surface area (TPSA) is 19.6 Å². The molecular formula is C21H22N2O. The third-order valence-electron chi connectivity index (χ3n) is 6.10. The van der Waals surface area contributed by atoms with Crippen molar-refractivity contribution in [3.8, 4) is 0 Å². The summed E-state index contributed by atoms with van der Waals surface area (Å²) >= 11 is 0. The van der Waals surface area contributed by atoms with Crippen LogP contribution in [0.1, 0.15) is 32.3 Å². The van der Waals surface area contributed by atoms with Crippen molar-refractivity contribution in [3.63, 3.8) is 0 Å². The van der Waals surface area contributed by atoms with Crippen LogP contribution in [0, 0.1) is 0 Å². The molecule has 0 spiro atoms. The number of benzene rings is 2. The summed E-state index contributed by atoms with van der Waals surface area (Å²) < 4.78 is 6.34. The van der Waals surface area contributed by atoms with E-state index in [1.54, 1.807) is 0 Å². The first kappa shape index (κ1) is 14.0. The average Bonchev–Trinajstić information content (AvgIpc) is 3.15. The molecule has 3 heterocycles. The van der Waals surface area contributed by atoms with E-state index in [0.29, 0.717) is 6.17 Å². The zero-order valence-corrected chi connectivity index (χ0v) is 14.4. The van der Waals surface area contributed by atoms with Crippen LogP contribution in [-0.2, 0) is 5.41 Å². The van der Waals surface area contributed by atoms with Gasteiger partial charge >= 0.3 is 0 Å². The molecule has 0 saturated heterocycles. The zero-order chi connectivity index (χ0) is 16.5. The first-order valence-electron chi connectivity index (χ1n) is 8.76. The van der Waals surface area contributed by atoms with Gasteiger partial charge in [0.1, 0.15) is 11.7 Å². The summed E-state index contributed by atoms with van der Waals surface area (Å²) in [5, 5.41) is 2.42. The van der Waals surface area contributed by atoms with Gasteiger partial charge in [0.15, 0.2) is 5.58 Å². The number of rotatable bonds is 1. The number of nitrogens with zero attached hydrogens (tertiary/aromatic N) is 2. The smallest absolute Gasteiger partial charge is 0.159 e. The summed E-state index contributed by atoms with van der Waals surface area (Å²) in [6, 6.07) is 12.9. The van der Waals surface area contributed by atoms with E-state index in [1.165, 1.54) is 22.0 Å². The second-order valence-corrected chi connectivity index (χ2v) is 7.41. The molecule has 3 aromatic rings. The maximum Gasteiger partial charge on any atom is 0.159 e. The van der Waals surface area contributed by atoms with Gasteiger partial charge in [0, 0.05) is 30.2 Å². The molecule has 2 atom stereocenters. The fraction of sp³-hybridized carbons (Fsp3) is 0.333. The van der Waals surface area contributed by atoms with Crippen molar-refractivity contribution in [1.29, 1.82) is 0 Å². The molecule has 2 aliphatic heterocycles. The van der Waals surface area contributed by atoms with Crippen molar-refractivity contribution >= 4 is 27.6 Å². The molecule has 2 unspecified atom stereocenters. The number of anilines is 1. The molecule has 3 nitrogen and oxygen atoms in total. The highest BCUT2D eigenvalue weighted by Crippen LogP contribution is 2.50. The minimum Gasteiger partial charge on any atom is -0.454 e. The Bertz CT molecular complexity index is 986. The molecule has 122 valence electrons. The second kappa shape index (κ2) is 4.56. The Morgan fingerprint density at radius 3 is 2.79 bits per heavy atom. The highest BCUT2D eigenvalue weighted by molar-refractivity contribution is 6.10. The van der Waals surface area contributed by atoms with Crippen molar-refractivity contribution < 1.29 is 4.42 Å². The Labute approximate surface area is 142 Å². The molecule has 0 saturated carbocycles. The van der Waals surface area contributed by atoms with Crippen LogP contribution in [0.15, 0.2) is 53.2 Å². The predicted molar refractivity (Wildman–Crippen MR) is 99.2 cm³/mol. The highest BCUT2D eigenvalue weighted by Gasteiger charge is 2.43. The molecule has 24 heavy (non-hydrogen) atoms. The van der Waals surface area contributed by atoms with E-state index in [4.69, 9.17) is 4.42 Å². The first-order valence-corrected chi connectivity index (χ1v) is 8.76. The molecule has 0 bridgehead atoms. The van der Waals surface area contributed by atoms with Crippen LogP contribution in [-0.4, -0.2) is 18.1 Å². The number of para-hydroxylation sites is 1. The van der Waals surface area contributed by atoms with Gasteiger partial charge in [-0.25, -0.2) is 0 Å². The third-order valence-corrected chi connectivity index (χ3v) is 6.10. The minimum absolute atomic E-state index is 0.171. The minimum atomic E-state index is 0.171. The van der Waals surface area contributed by atoms with Crippen molar-refractivity contribution in [1.82, 2.24) is 4.90 Å². The summed E-state index contributed by atoms with van der Waals surface area (Å²) in [7, 11) is 2.17. The van der Waals surface area contributed by atoms with Gasteiger partial charge in [0.05, 0.1) is 5.69 Å². The summed E-state index contributed by atoms with van der Waals surface area (Å²) in [5.74, 6) is 0. The molecule has 0 N–H and O–H groups in total. The molecule has 1 aromatic heterocycles. The fourth-order valence-corrected chi connectivity index (χ4v) is 4.40. The second-order valence-electron chi connectivity index (χ2n) is 7.41. The highest BCUT2D eigenvalue weighted by atomic mass is 16.3. The van der Waals surface area contributed by atoms with Gasteiger partial charge in [-0.2, -0.15) is 0 Å². The van der Waals surface area contributed by atoms with Crippen LogP contribution < -0.4 is 4.90 Å². The summed E-state index contributed by atoms with van der Waals surface area (Å²) in [5.41, 5.74) is 4.83. The van der Waals surface area contributed by atoms with Gasteiger partial charge in [-0.15, -0.1) is 0 Å². The molecule has 0 fully saturated rings. The van der Waals surface area contributed by atoms with E-state index in [9.17, 15) is 0 Å². The SMILES string of the molecule is CCC1(C)CC2N(C)C=CN2c2c1ccc1c2oc2ccccc21. The van der Waals surface area contributed by atoms with E-state index in [-0.39, 0.29) is 5.41 Å². The van der Waals surface area contributed by atoms with E-state index >= 15 is 0 Å². The van der Waals surface area contributed by atoms with Gasteiger partial charge in [-0.05, 0) is 29.9 Å². The lowest BCUT2D eigenvalue weighted by Gasteiger charge is -2.45. The Kier molecular flexibility index (Phi) is 2.66. The van der Waals surface area contributed by atoms with Gasteiger partial charge in [-0.1, -0.05) is 44.2 Å². The number of fused-ring (bicyclic) bond motifs is 7. The van der Waals surface area contributed by atoms with Crippen LogP contribution in [0.4, 0.5) is 5.69 Å². The standard InChI is InChI=1S/C21H22N2O/c1-4-21(2)13-18-22(3)11-12-23(18)19-16(21)10-9-15-14-7-5-6-8-17(14)24-20(15)19/h5-12,18H,4,13H2,1-3H3. The quantitative estimate of drug-likeness (QED) is 0.614. The maximum atomic E-state index is 6.34. The third kappa shape index (κ3) is 1.62. The molecule has 5 rings (SSSR count). The lowest BCUT2D eigenvalue weighted by molar-refractivity contribution is 0.254. The summed E-state index contributed by atoms with van der Waals surface area (Å²) in [4.78, 5) is 4.72. The number of hydrogen-bond acceptors (Lipinski definition) is 3. The number of furan rings is 1. The largest absolute Gasteiger partial charge is 0.454 e. The first-order chi connectivity index (χ1) is 11.6. The summed E-state index contributed by atoms with van der Waals surface area (Å²) in [6.07, 6.45) is 7.01. The van der Waals surface area contributed by atoms with Crippen LogP contribution in [0.2, 0.25) is 0 Å². The van der Waals surface area contributed by atoms with Crippen molar-refractivity contribution in [2.45, 2.75) is 38.3 Å². The van der Waals surface area contributed by atoms with Crippen molar-refractivity contribution in [2.24, 2.45) is 0 Å². The molecule has 0 amide bonds. The van der Waals surface area contributed by atoms with Crippen LogP contribution in [0.25, 0.3) is 21.9 Å². The molecular weight excluding hydrogens is 296 g/mol. The maximum absolute atomic E-state index is 6.34. The van der Waals surface area contributed by atoms with E-state index < -0.39 is 0 Å². The van der Waals surface area contributed by atoms with Crippen LogP contribution in [0.3, 0.4) is 0 Å². The molecule has 0 radical (unpaired) electrons. The zero-order valence-electron chi connectivity index (χ0n) is 14.4. The molecule has 3 heteroatoms. The molecule has 2 aromatic carbocycles. The Hall–Kier alpha value is -2.42. The van der Waals surface area contributed by atoms with Gasteiger partial charge in [-0.3, -0.25) is 0 Å². The summed E-state index contributed by atoms with van der Waals surface area (Å²) in [6.45, 7) is 4.69. The van der Waals surface area contributed by atoms with Crippen LogP contribution in [0.5, 0.6) is 0 Å². The van der Waals surface area contributed by atoms with Crippen molar-refractivity contribution in [3.05, 3.63) is 54.4 Å². The molecule has 0 aliphatic carbocycles. The fourth-order valence-electron chi connectivity index (χ4n) is 4.40. The molecule has 2 aliphatic rings. The lowest BCUT2D eigenvalue weighted by atomic mass is 9.72. The normalized spacial score (nSPS) is 25.5. The van der Waals surface area contributed by atoms with E-state index in [2.05, 4.69) is 73.4 Å².